The van der Waals surface area contributed by atoms with Crippen LogP contribution in [0.4, 0.5) is 0 Å². The van der Waals surface area contributed by atoms with Crippen molar-refractivity contribution in [2.75, 3.05) is 33.4 Å². The normalized spacial score (nSPS) is 19.5. The van der Waals surface area contributed by atoms with Crippen molar-refractivity contribution in [1.29, 1.82) is 0 Å². The van der Waals surface area contributed by atoms with Crippen LogP contribution in [0.5, 0.6) is 11.5 Å². The fraction of sp³-hybridized carbons (Fsp3) is 0.385. The van der Waals surface area contributed by atoms with Gasteiger partial charge in [-0.15, -0.1) is 0 Å². The minimum atomic E-state index is -0.385. The van der Waals surface area contributed by atoms with Crippen LogP contribution < -0.4 is 20.7 Å². The number of likely N-dealkylation sites (tertiary alicyclic amines) is 1. The number of unbranched alkanes of at least 4 members (excludes halogenated alkanes) is 1. The fourth-order valence-corrected chi connectivity index (χ4v) is 5.57. The number of aromatic amines is 1. The number of aromatic nitrogens is 4. The molecule has 4 heterocycles. The number of hydrogen-bond acceptors (Lipinski definition) is 7. The molecule has 0 aliphatic carbocycles. The quantitative estimate of drug-likeness (QED) is 0.339. The summed E-state index contributed by atoms with van der Waals surface area (Å²) < 4.78 is 12.9. The lowest BCUT2D eigenvalue weighted by molar-refractivity contribution is 0.209. The van der Waals surface area contributed by atoms with E-state index in [2.05, 4.69) is 19.9 Å². The predicted octanol–water partition coefficient (Wildman–Crippen LogP) is 2.53. The highest BCUT2D eigenvalue weighted by atomic mass is 16.5. The number of nitrogens with zero attached hydrogens (tertiary/aromatic N) is 4. The highest BCUT2D eigenvalue weighted by Gasteiger charge is 2.40. The summed E-state index contributed by atoms with van der Waals surface area (Å²) in [6.07, 6.45) is 4.76. The molecule has 180 valence electrons. The Morgan fingerprint density at radius 3 is 2.94 bits per heavy atom. The minimum Gasteiger partial charge on any atom is -0.496 e. The smallest absolute Gasteiger partial charge is 0.328 e. The predicted molar refractivity (Wildman–Crippen MR) is 132 cm³/mol. The largest absolute Gasteiger partial charge is 0.496 e. The number of H-pyrrole nitrogens is 1. The zero-order valence-electron chi connectivity index (χ0n) is 19.6. The van der Waals surface area contributed by atoms with Gasteiger partial charge >= 0.3 is 5.69 Å². The summed E-state index contributed by atoms with van der Waals surface area (Å²) in [5, 5.41) is 1.25. The van der Waals surface area contributed by atoms with Gasteiger partial charge in [-0.25, -0.2) is 14.8 Å². The summed E-state index contributed by atoms with van der Waals surface area (Å²) in [5.74, 6) is 2.68. The molecule has 1 fully saturated rings. The van der Waals surface area contributed by atoms with Gasteiger partial charge in [0.1, 0.15) is 17.8 Å². The fourth-order valence-electron chi connectivity index (χ4n) is 5.57. The maximum Gasteiger partial charge on any atom is 0.328 e. The number of ether oxygens (including phenoxy) is 2. The van der Waals surface area contributed by atoms with Gasteiger partial charge in [-0.2, -0.15) is 0 Å². The Hall–Kier alpha value is -3.72. The highest BCUT2D eigenvalue weighted by molar-refractivity contribution is 5.93. The Morgan fingerprint density at radius 1 is 1.17 bits per heavy atom. The van der Waals surface area contributed by atoms with Crippen LogP contribution in [0.15, 0.2) is 52.4 Å². The molecule has 9 heteroatoms. The lowest BCUT2D eigenvalue weighted by atomic mass is 9.86. The number of hydrogen-bond donors (Lipinski definition) is 1. The molecule has 0 spiro atoms. The van der Waals surface area contributed by atoms with E-state index in [4.69, 9.17) is 9.47 Å². The van der Waals surface area contributed by atoms with Crippen LogP contribution in [0, 0.1) is 5.92 Å². The van der Waals surface area contributed by atoms with Crippen LogP contribution in [-0.2, 0) is 6.54 Å². The van der Waals surface area contributed by atoms with E-state index in [9.17, 15) is 9.59 Å². The Balaban J connectivity index is 1.13. The minimum absolute atomic E-state index is 0.275. The summed E-state index contributed by atoms with van der Waals surface area (Å²) in [5.41, 5.74) is 1.71. The van der Waals surface area contributed by atoms with Crippen molar-refractivity contribution in [3.63, 3.8) is 0 Å². The third-order valence-electron chi connectivity index (χ3n) is 7.30. The molecule has 0 saturated carbocycles. The molecule has 1 saturated heterocycles. The van der Waals surface area contributed by atoms with Gasteiger partial charge < -0.3 is 19.4 Å². The standard InChI is InChI=1S/C26H27N5O4/c1-34-22-5-4-6-23-24(22)19-13-30(12-17(19)14-35-23)7-2-3-8-31-25(32)18-9-16-11-27-15-28-20(16)10-21(18)29-26(31)33/h4-6,9-11,15,17,19H,2-3,7-8,12-14H2,1H3,(H,29,33)/t17-,19-/m1/s1. The molecule has 2 aromatic carbocycles. The van der Waals surface area contributed by atoms with Crippen molar-refractivity contribution in [3.05, 3.63) is 69.3 Å². The molecule has 0 bridgehead atoms. The third kappa shape index (κ3) is 3.85. The molecule has 0 amide bonds. The van der Waals surface area contributed by atoms with Crippen LogP contribution in [0.1, 0.15) is 24.3 Å². The van der Waals surface area contributed by atoms with Crippen LogP contribution in [0.3, 0.4) is 0 Å². The Kier molecular flexibility index (Phi) is 5.49. The molecule has 2 aliphatic heterocycles. The molecule has 2 aromatic heterocycles. The van der Waals surface area contributed by atoms with Crippen molar-refractivity contribution in [2.24, 2.45) is 5.92 Å². The van der Waals surface area contributed by atoms with E-state index in [0.29, 0.717) is 34.8 Å². The molecular formula is C26H27N5O4. The Bertz CT molecular complexity index is 1510. The molecule has 6 rings (SSSR count). The summed E-state index contributed by atoms with van der Waals surface area (Å²) in [6, 6.07) is 9.47. The second-order valence-electron chi connectivity index (χ2n) is 9.38. The van der Waals surface area contributed by atoms with Gasteiger partial charge in [-0.1, -0.05) is 6.07 Å². The summed E-state index contributed by atoms with van der Waals surface area (Å²) in [7, 11) is 1.71. The maximum atomic E-state index is 13.1. The second kappa shape index (κ2) is 8.81. The molecule has 35 heavy (non-hydrogen) atoms. The average Bonchev–Trinajstić information content (AvgIpc) is 3.30. The summed E-state index contributed by atoms with van der Waals surface area (Å²) >= 11 is 0. The molecule has 4 aromatic rings. The van der Waals surface area contributed by atoms with Crippen molar-refractivity contribution in [2.45, 2.75) is 25.3 Å². The molecule has 0 radical (unpaired) electrons. The molecule has 0 unspecified atom stereocenters. The van der Waals surface area contributed by atoms with Crippen LogP contribution >= 0.6 is 0 Å². The maximum absolute atomic E-state index is 13.1. The van der Waals surface area contributed by atoms with Gasteiger partial charge in [0, 0.05) is 48.6 Å². The molecule has 1 N–H and O–H groups in total. The van der Waals surface area contributed by atoms with Crippen LogP contribution in [0.2, 0.25) is 0 Å². The van der Waals surface area contributed by atoms with E-state index < -0.39 is 0 Å². The number of rotatable bonds is 6. The average molecular weight is 474 g/mol. The first-order valence-electron chi connectivity index (χ1n) is 12.0. The van der Waals surface area contributed by atoms with Crippen molar-refractivity contribution < 1.29 is 9.47 Å². The second-order valence-corrected chi connectivity index (χ2v) is 9.38. The van der Waals surface area contributed by atoms with Gasteiger partial charge in [0.15, 0.2) is 0 Å². The Morgan fingerprint density at radius 2 is 2.06 bits per heavy atom. The van der Waals surface area contributed by atoms with E-state index in [-0.39, 0.29) is 11.2 Å². The topological polar surface area (TPSA) is 102 Å². The number of fused-ring (bicyclic) bond motifs is 5. The monoisotopic (exact) mass is 473 g/mol. The van der Waals surface area contributed by atoms with Crippen molar-refractivity contribution in [3.8, 4) is 11.5 Å². The van der Waals surface area contributed by atoms with E-state index in [0.717, 1.165) is 56.0 Å². The molecule has 2 atom stereocenters. The lowest BCUT2D eigenvalue weighted by Crippen LogP contribution is -2.35. The van der Waals surface area contributed by atoms with Crippen LogP contribution in [0.25, 0.3) is 21.8 Å². The first-order valence-corrected chi connectivity index (χ1v) is 12.0. The third-order valence-corrected chi connectivity index (χ3v) is 7.30. The highest BCUT2D eigenvalue weighted by Crippen LogP contribution is 2.46. The van der Waals surface area contributed by atoms with E-state index in [1.165, 1.54) is 16.5 Å². The zero-order valence-corrected chi connectivity index (χ0v) is 19.6. The molecule has 9 nitrogen and oxygen atoms in total. The summed E-state index contributed by atoms with van der Waals surface area (Å²) in [6.45, 7) is 3.97. The molecule has 2 aliphatic rings. The Labute approximate surface area is 201 Å². The van der Waals surface area contributed by atoms with Gasteiger partial charge in [-0.05, 0) is 43.7 Å². The van der Waals surface area contributed by atoms with Crippen molar-refractivity contribution in [1.82, 2.24) is 24.4 Å². The zero-order chi connectivity index (χ0) is 23.9. The lowest BCUT2D eigenvalue weighted by Gasteiger charge is -2.29. The van der Waals surface area contributed by atoms with E-state index in [1.54, 1.807) is 25.4 Å². The van der Waals surface area contributed by atoms with Gasteiger partial charge in [0.2, 0.25) is 0 Å². The van der Waals surface area contributed by atoms with Gasteiger partial charge in [0.25, 0.3) is 5.56 Å². The molecular weight excluding hydrogens is 446 g/mol. The number of benzene rings is 2. The van der Waals surface area contributed by atoms with E-state index in [1.807, 2.05) is 18.2 Å². The first-order chi connectivity index (χ1) is 17.1. The first kappa shape index (κ1) is 21.8. The van der Waals surface area contributed by atoms with Gasteiger partial charge in [0.05, 0.1) is 30.1 Å². The number of methoxy groups -OCH3 is 1. The van der Waals surface area contributed by atoms with E-state index >= 15 is 0 Å². The SMILES string of the molecule is COc1cccc2c1[C@@H]1CN(CCCCn3c(=O)[nH]c4cc5ncncc5cc4c3=O)C[C@@H]1CO2. The van der Waals surface area contributed by atoms with Crippen LogP contribution in [-0.4, -0.2) is 57.8 Å². The van der Waals surface area contributed by atoms with Gasteiger partial charge in [-0.3, -0.25) is 9.36 Å². The number of nitrogens with one attached hydrogen (secondary N) is 1. The van der Waals surface area contributed by atoms with Crippen molar-refractivity contribution >= 4 is 21.8 Å². The summed E-state index contributed by atoms with van der Waals surface area (Å²) in [4.78, 5) is 39.2.